The second-order valence-corrected chi connectivity index (χ2v) is 9.64. The summed E-state index contributed by atoms with van der Waals surface area (Å²) in [6.07, 6.45) is 4.98. The molecule has 4 heterocycles. The minimum absolute atomic E-state index is 0.267. The smallest absolute Gasteiger partial charge is 0.256 e. The quantitative estimate of drug-likeness (QED) is 0.292. The highest BCUT2D eigenvalue weighted by atomic mass is 19.1. The minimum atomic E-state index is -0.371. The third kappa shape index (κ3) is 4.10. The zero-order chi connectivity index (χ0) is 27.1. The van der Waals surface area contributed by atoms with Gasteiger partial charge < -0.3 is 15.0 Å². The van der Waals surface area contributed by atoms with Gasteiger partial charge in [0, 0.05) is 47.2 Å². The van der Waals surface area contributed by atoms with E-state index in [1.54, 1.807) is 30.7 Å². The van der Waals surface area contributed by atoms with Gasteiger partial charge in [-0.2, -0.15) is 0 Å². The molecule has 1 aliphatic rings. The molecular formula is C32H24FN5O2. The molecule has 0 atom stereocenters. The van der Waals surface area contributed by atoms with Gasteiger partial charge in [0.15, 0.2) is 0 Å². The Hall–Kier alpha value is -4.95. The Bertz CT molecular complexity index is 1910. The molecule has 1 aliphatic heterocycles. The van der Waals surface area contributed by atoms with Crippen LogP contribution in [0.3, 0.4) is 0 Å². The first-order chi connectivity index (χ1) is 19.7. The van der Waals surface area contributed by atoms with Crippen molar-refractivity contribution in [1.29, 1.82) is 0 Å². The number of ether oxygens (including phenoxy) is 1. The Morgan fingerprint density at radius 3 is 2.48 bits per heavy atom. The number of hydrogen-bond acceptors (Lipinski definition) is 6. The maximum atomic E-state index is 15.6. The summed E-state index contributed by atoms with van der Waals surface area (Å²) in [5.74, 6) is -0.638. The fraction of sp³-hybridized carbons (Fsp3) is 0.125. The number of amides is 1. The SMILES string of the molecule is O=C(Nc1cnc2c(-c3cccc4ncccc34)c(F)ccc2c1N1CCOCC1)c1ccnc2ccccc12. The molecule has 7 nitrogen and oxygen atoms in total. The number of rotatable bonds is 4. The summed E-state index contributed by atoms with van der Waals surface area (Å²) >= 11 is 0. The van der Waals surface area contributed by atoms with Gasteiger partial charge in [-0.25, -0.2) is 4.39 Å². The molecule has 8 heteroatoms. The zero-order valence-corrected chi connectivity index (χ0v) is 21.5. The molecule has 3 aromatic carbocycles. The highest BCUT2D eigenvalue weighted by Gasteiger charge is 2.24. The van der Waals surface area contributed by atoms with Gasteiger partial charge >= 0.3 is 0 Å². The van der Waals surface area contributed by atoms with Crippen LogP contribution in [-0.2, 0) is 4.74 Å². The van der Waals surface area contributed by atoms with Crippen molar-refractivity contribution >= 4 is 50.0 Å². The summed E-state index contributed by atoms with van der Waals surface area (Å²) < 4.78 is 21.2. The number of halogens is 1. The number of nitrogens with zero attached hydrogens (tertiary/aromatic N) is 4. The van der Waals surface area contributed by atoms with Crippen molar-refractivity contribution in [2.24, 2.45) is 0 Å². The van der Waals surface area contributed by atoms with E-state index in [-0.39, 0.29) is 11.7 Å². The van der Waals surface area contributed by atoms with E-state index in [9.17, 15) is 4.79 Å². The van der Waals surface area contributed by atoms with Crippen LogP contribution in [0.25, 0.3) is 43.8 Å². The Kier molecular flexibility index (Phi) is 6.02. The van der Waals surface area contributed by atoms with Crippen molar-refractivity contribution in [3.63, 3.8) is 0 Å². The largest absolute Gasteiger partial charge is 0.378 e. The van der Waals surface area contributed by atoms with E-state index in [1.807, 2.05) is 54.6 Å². The van der Waals surface area contributed by atoms with Gasteiger partial charge in [0.25, 0.3) is 5.91 Å². The van der Waals surface area contributed by atoms with Crippen LogP contribution < -0.4 is 10.2 Å². The van der Waals surface area contributed by atoms with E-state index < -0.39 is 0 Å². The summed E-state index contributed by atoms with van der Waals surface area (Å²) in [4.78, 5) is 29.3. The van der Waals surface area contributed by atoms with Crippen LogP contribution in [0.1, 0.15) is 10.4 Å². The average molecular weight is 530 g/mol. The number of hydrogen-bond donors (Lipinski definition) is 1. The van der Waals surface area contributed by atoms with Crippen LogP contribution in [0.2, 0.25) is 0 Å². The van der Waals surface area contributed by atoms with Crippen molar-refractivity contribution in [2.75, 3.05) is 36.5 Å². The lowest BCUT2D eigenvalue weighted by molar-refractivity contribution is 0.102. The Labute approximate surface area is 229 Å². The molecule has 0 aliphatic carbocycles. The number of carbonyl (C=O) groups is 1. The molecule has 0 unspecified atom stereocenters. The molecule has 0 saturated carbocycles. The molecule has 0 radical (unpaired) electrons. The van der Waals surface area contributed by atoms with Gasteiger partial charge in [-0.05, 0) is 42.0 Å². The van der Waals surface area contributed by atoms with Crippen molar-refractivity contribution in [2.45, 2.75) is 0 Å². The van der Waals surface area contributed by atoms with Crippen LogP contribution in [0, 0.1) is 5.82 Å². The van der Waals surface area contributed by atoms with Crippen molar-refractivity contribution in [3.05, 3.63) is 103 Å². The molecule has 0 bridgehead atoms. The second-order valence-electron chi connectivity index (χ2n) is 9.64. The number of benzene rings is 3. The number of fused-ring (bicyclic) bond motifs is 3. The number of carbonyl (C=O) groups excluding carboxylic acids is 1. The molecule has 40 heavy (non-hydrogen) atoms. The lowest BCUT2D eigenvalue weighted by Gasteiger charge is -2.31. The summed E-state index contributed by atoms with van der Waals surface area (Å²) in [5, 5.41) is 5.45. The first kappa shape index (κ1) is 24.1. The van der Waals surface area contributed by atoms with Crippen molar-refractivity contribution in [1.82, 2.24) is 15.0 Å². The lowest BCUT2D eigenvalue weighted by Crippen LogP contribution is -2.37. The number of aromatic nitrogens is 3. The Balaban J connectivity index is 1.41. The summed E-state index contributed by atoms with van der Waals surface area (Å²) in [5.41, 5.74) is 5.02. The molecule has 0 spiro atoms. The number of nitrogens with one attached hydrogen (secondary N) is 1. The third-order valence-electron chi connectivity index (χ3n) is 7.34. The van der Waals surface area contributed by atoms with Gasteiger partial charge in [-0.1, -0.05) is 36.4 Å². The third-order valence-corrected chi connectivity index (χ3v) is 7.34. The topological polar surface area (TPSA) is 80.2 Å². The van der Waals surface area contributed by atoms with Gasteiger partial charge in [0.1, 0.15) is 5.82 Å². The summed E-state index contributed by atoms with van der Waals surface area (Å²) in [6.45, 7) is 2.36. The fourth-order valence-corrected chi connectivity index (χ4v) is 5.51. The van der Waals surface area contributed by atoms with Crippen LogP contribution in [0.15, 0.2) is 91.4 Å². The van der Waals surface area contributed by atoms with Crippen molar-refractivity contribution < 1.29 is 13.9 Å². The van der Waals surface area contributed by atoms with Gasteiger partial charge in [-0.15, -0.1) is 0 Å². The highest BCUT2D eigenvalue weighted by Crippen LogP contribution is 2.41. The Morgan fingerprint density at radius 1 is 0.800 bits per heavy atom. The van der Waals surface area contributed by atoms with E-state index in [0.717, 1.165) is 32.9 Å². The highest BCUT2D eigenvalue weighted by molar-refractivity contribution is 6.16. The maximum absolute atomic E-state index is 15.6. The number of anilines is 2. The zero-order valence-electron chi connectivity index (χ0n) is 21.5. The van der Waals surface area contributed by atoms with E-state index in [2.05, 4.69) is 20.2 Å². The molecule has 7 rings (SSSR count). The fourth-order valence-electron chi connectivity index (χ4n) is 5.51. The van der Waals surface area contributed by atoms with E-state index in [4.69, 9.17) is 9.72 Å². The standard InChI is InChI=1S/C32H24FN5O2/c33-25-11-10-24-30(29(25)22-6-3-9-27-20(22)7-4-13-34-27)36-19-28(31(24)38-15-17-40-18-16-38)37-32(39)23-12-14-35-26-8-2-1-5-21(23)26/h1-14,19H,15-18H2,(H,37,39). The van der Waals surface area contributed by atoms with Crippen LogP contribution in [-0.4, -0.2) is 47.2 Å². The Morgan fingerprint density at radius 2 is 1.57 bits per heavy atom. The maximum Gasteiger partial charge on any atom is 0.256 e. The van der Waals surface area contributed by atoms with E-state index in [0.29, 0.717) is 54.2 Å². The van der Waals surface area contributed by atoms with Gasteiger partial charge in [-0.3, -0.25) is 19.7 Å². The first-order valence-corrected chi connectivity index (χ1v) is 13.1. The molecule has 1 amide bonds. The summed E-state index contributed by atoms with van der Waals surface area (Å²) in [6, 6.07) is 21.9. The van der Waals surface area contributed by atoms with Crippen LogP contribution >= 0.6 is 0 Å². The van der Waals surface area contributed by atoms with E-state index >= 15 is 4.39 Å². The molecule has 1 saturated heterocycles. The first-order valence-electron chi connectivity index (χ1n) is 13.1. The van der Waals surface area contributed by atoms with Crippen LogP contribution in [0.4, 0.5) is 15.8 Å². The molecule has 3 aromatic heterocycles. The minimum Gasteiger partial charge on any atom is -0.378 e. The number of para-hydroxylation sites is 1. The molecule has 6 aromatic rings. The summed E-state index contributed by atoms with van der Waals surface area (Å²) in [7, 11) is 0. The average Bonchev–Trinajstić information content (AvgIpc) is 3.01. The molecule has 196 valence electrons. The predicted octanol–water partition coefficient (Wildman–Crippen LogP) is 6.23. The van der Waals surface area contributed by atoms with Gasteiger partial charge in [0.2, 0.25) is 0 Å². The van der Waals surface area contributed by atoms with E-state index in [1.165, 1.54) is 6.07 Å². The number of morpholine rings is 1. The predicted molar refractivity (Wildman–Crippen MR) is 155 cm³/mol. The molecule has 1 N–H and O–H groups in total. The molecule has 1 fully saturated rings. The van der Waals surface area contributed by atoms with Crippen molar-refractivity contribution in [3.8, 4) is 11.1 Å². The number of pyridine rings is 3. The van der Waals surface area contributed by atoms with Crippen LogP contribution in [0.5, 0.6) is 0 Å². The van der Waals surface area contributed by atoms with Gasteiger partial charge in [0.05, 0.1) is 52.9 Å². The monoisotopic (exact) mass is 529 g/mol. The lowest BCUT2D eigenvalue weighted by atomic mass is 9.96. The second kappa shape index (κ2) is 9.98. The normalized spacial score (nSPS) is 13.7. The molecular weight excluding hydrogens is 505 g/mol.